The van der Waals surface area contributed by atoms with E-state index in [2.05, 4.69) is 0 Å². The molecule has 2 aliphatic rings. The summed E-state index contributed by atoms with van der Waals surface area (Å²) in [6.45, 7) is 5.95. The summed E-state index contributed by atoms with van der Waals surface area (Å²) in [4.78, 5) is 12.0. The standard InChI is InChI=1S/C11H18O3/c1-11(2)10(12)9(7-14-11)8-3-5-13-6-4-8/h8-9H,3-7H2,1-2H3. The van der Waals surface area contributed by atoms with E-state index in [1.165, 1.54) is 0 Å². The third-order valence-electron chi connectivity index (χ3n) is 3.39. The topological polar surface area (TPSA) is 35.5 Å². The van der Waals surface area contributed by atoms with Crippen molar-refractivity contribution in [3.05, 3.63) is 0 Å². The van der Waals surface area contributed by atoms with Gasteiger partial charge in [-0.15, -0.1) is 0 Å². The molecule has 1 unspecified atom stereocenters. The third kappa shape index (κ3) is 1.71. The Bertz CT molecular complexity index is 229. The minimum Gasteiger partial charge on any atom is -0.381 e. The van der Waals surface area contributed by atoms with Gasteiger partial charge in [-0.2, -0.15) is 0 Å². The van der Waals surface area contributed by atoms with Gasteiger partial charge in [0.15, 0.2) is 5.78 Å². The van der Waals surface area contributed by atoms with Crippen LogP contribution in [0.5, 0.6) is 0 Å². The lowest BCUT2D eigenvalue weighted by atomic mass is 9.81. The maximum Gasteiger partial charge on any atom is 0.169 e. The van der Waals surface area contributed by atoms with Crippen LogP contribution in [0.15, 0.2) is 0 Å². The van der Waals surface area contributed by atoms with Crippen molar-refractivity contribution in [1.29, 1.82) is 0 Å². The molecule has 14 heavy (non-hydrogen) atoms. The predicted molar refractivity (Wildman–Crippen MR) is 52.1 cm³/mol. The van der Waals surface area contributed by atoms with Crippen LogP contribution in [0.25, 0.3) is 0 Å². The first kappa shape index (κ1) is 10.1. The lowest BCUT2D eigenvalue weighted by molar-refractivity contribution is -0.131. The fourth-order valence-electron chi connectivity index (χ4n) is 2.36. The van der Waals surface area contributed by atoms with Crippen molar-refractivity contribution in [2.24, 2.45) is 11.8 Å². The zero-order chi connectivity index (χ0) is 10.2. The summed E-state index contributed by atoms with van der Waals surface area (Å²) >= 11 is 0. The smallest absolute Gasteiger partial charge is 0.169 e. The average molecular weight is 198 g/mol. The molecular weight excluding hydrogens is 180 g/mol. The summed E-state index contributed by atoms with van der Waals surface area (Å²) in [5, 5.41) is 0. The Morgan fingerprint density at radius 2 is 1.93 bits per heavy atom. The first-order chi connectivity index (χ1) is 6.61. The Morgan fingerprint density at radius 3 is 2.43 bits per heavy atom. The van der Waals surface area contributed by atoms with Gasteiger partial charge in [0.05, 0.1) is 6.61 Å². The maximum atomic E-state index is 12.0. The molecule has 1 atom stereocenters. The second kappa shape index (κ2) is 3.63. The number of Topliss-reactive ketones (excluding diaryl/α,β-unsaturated/α-hetero) is 1. The number of rotatable bonds is 1. The number of carbonyl (C=O) groups is 1. The number of hydrogen-bond acceptors (Lipinski definition) is 3. The minimum absolute atomic E-state index is 0.119. The van der Waals surface area contributed by atoms with Crippen LogP contribution >= 0.6 is 0 Å². The van der Waals surface area contributed by atoms with E-state index in [4.69, 9.17) is 9.47 Å². The van der Waals surface area contributed by atoms with E-state index in [9.17, 15) is 4.79 Å². The molecule has 2 fully saturated rings. The number of carbonyl (C=O) groups excluding carboxylic acids is 1. The van der Waals surface area contributed by atoms with Crippen LogP contribution in [0.1, 0.15) is 26.7 Å². The number of ketones is 1. The summed E-state index contributed by atoms with van der Waals surface area (Å²) in [6, 6.07) is 0. The Hall–Kier alpha value is -0.410. The molecular formula is C11H18O3. The molecule has 2 rings (SSSR count). The first-order valence-corrected chi connectivity index (χ1v) is 5.37. The van der Waals surface area contributed by atoms with Gasteiger partial charge in [-0.3, -0.25) is 4.79 Å². The van der Waals surface area contributed by atoms with Crippen molar-refractivity contribution in [2.45, 2.75) is 32.3 Å². The van der Waals surface area contributed by atoms with Crippen molar-refractivity contribution < 1.29 is 14.3 Å². The molecule has 2 saturated heterocycles. The summed E-state index contributed by atoms with van der Waals surface area (Å²) < 4.78 is 10.8. The largest absolute Gasteiger partial charge is 0.381 e. The molecule has 0 aromatic heterocycles. The van der Waals surface area contributed by atoms with Crippen LogP contribution in [-0.2, 0) is 14.3 Å². The molecule has 3 nitrogen and oxygen atoms in total. The zero-order valence-corrected chi connectivity index (χ0v) is 8.91. The molecule has 2 heterocycles. The molecule has 0 saturated carbocycles. The third-order valence-corrected chi connectivity index (χ3v) is 3.39. The van der Waals surface area contributed by atoms with Crippen molar-refractivity contribution in [3.8, 4) is 0 Å². The molecule has 0 spiro atoms. The van der Waals surface area contributed by atoms with Gasteiger partial charge in [0.1, 0.15) is 5.60 Å². The normalized spacial score (nSPS) is 33.6. The van der Waals surface area contributed by atoms with Crippen LogP contribution in [0.4, 0.5) is 0 Å². The van der Waals surface area contributed by atoms with Gasteiger partial charge >= 0.3 is 0 Å². The molecule has 0 bridgehead atoms. The summed E-state index contributed by atoms with van der Waals surface area (Å²) in [7, 11) is 0. The highest BCUT2D eigenvalue weighted by Crippen LogP contribution is 2.34. The second-order valence-electron chi connectivity index (χ2n) is 4.74. The van der Waals surface area contributed by atoms with Crippen molar-refractivity contribution in [3.63, 3.8) is 0 Å². The van der Waals surface area contributed by atoms with Gasteiger partial charge in [0.25, 0.3) is 0 Å². The Kier molecular flexibility index (Phi) is 2.62. The summed E-state index contributed by atoms with van der Waals surface area (Å²) in [5.41, 5.74) is -0.553. The molecule has 0 N–H and O–H groups in total. The van der Waals surface area contributed by atoms with E-state index in [0.29, 0.717) is 12.5 Å². The summed E-state index contributed by atoms with van der Waals surface area (Å²) in [5.74, 6) is 0.885. The fourth-order valence-corrected chi connectivity index (χ4v) is 2.36. The highest BCUT2D eigenvalue weighted by molar-refractivity contribution is 5.90. The monoisotopic (exact) mass is 198 g/mol. The van der Waals surface area contributed by atoms with Crippen molar-refractivity contribution in [2.75, 3.05) is 19.8 Å². The van der Waals surface area contributed by atoms with Gasteiger partial charge in [0, 0.05) is 19.1 Å². The number of hydrogen-bond donors (Lipinski definition) is 0. The van der Waals surface area contributed by atoms with E-state index in [1.54, 1.807) is 0 Å². The molecule has 0 aromatic rings. The van der Waals surface area contributed by atoms with Gasteiger partial charge in [0.2, 0.25) is 0 Å². The summed E-state index contributed by atoms with van der Waals surface area (Å²) in [6.07, 6.45) is 2.02. The first-order valence-electron chi connectivity index (χ1n) is 5.37. The average Bonchev–Trinajstić information content (AvgIpc) is 2.44. The van der Waals surface area contributed by atoms with Crippen LogP contribution in [-0.4, -0.2) is 31.2 Å². The van der Waals surface area contributed by atoms with Gasteiger partial charge in [-0.05, 0) is 32.6 Å². The highest BCUT2D eigenvalue weighted by Gasteiger charge is 2.45. The second-order valence-corrected chi connectivity index (χ2v) is 4.74. The quantitative estimate of drug-likeness (QED) is 0.639. The van der Waals surface area contributed by atoms with E-state index in [0.717, 1.165) is 26.1 Å². The van der Waals surface area contributed by atoms with Crippen LogP contribution in [0, 0.1) is 11.8 Å². The SMILES string of the molecule is CC1(C)OCC(C2CCOCC2)C1=O. The molecule has 80 valence electrons. The Labute approximate surface area is 84.8 Å². The molecule has 0 aromatic carbocycles. The Balaban J connectivity index is 2.02. The lowest BCUT2D eigenvalue weighted by Crippen LogP contribution is -2.34. The van der Waals surface area contributed by atoms with Crippen molar-refractivity contribution in [1.82, 2.24) is 0 Å². The molecule has 3 heteroatoms. The van der Waals surface area contributed by atoms with E-state index >= 15 is 0 Å². The molecule has 0 amide bonds. The molecule has 2 aliphatic heterocycles. The maximum absolute atomic E-state index is 12.0. The fraction of sp³-hybridized carbons (Fsp3) is 0.909. The van der Waals surface area contributed by atoms with Crippen molar-refractivity contribution >= 4 is 5.78 Å². The predicted octanol–water partition coefficient (Wildman–Crippen LogP) is 1.41. The Morgan fingerprint density at radius 1 is 1.29 bits per heavy atom. The van der Waals surface area contributed by atoms with E-state index in [1.807, 2.05) is 13.8 Å². The van der Waals surface area contributed by atoms with E-state index in [-0.39, 0.29) is 11.7 Å². The molecule has 0 aliphatic carbocycles. The zero-order valence-electron chi connectivity index (χ0n) is 8.91. The minimum atomic E-state index is -0.553. The van der Waals surface area contributed by atoms with Crippen LogP contribution in [0.3, 0.4) is 0 Å². The van der Waals surface area contributed by atoms with Crippen LogP contribution in [0.2, 0.25) is 0 Å². The lowest BCUT2D eigenvalue weighted by Gasteiger charge is -2.26. The van der Waals surface area contributed by atoms with Gasteiger partial charge < -0.3 is 9.47 Å². The van der Waals surface area contributed by atoms with Gasteiger partial charge in [-0.1, -0.05) is 0 Å². The highest BCUT2D eigenvalue weighted by atomic mass is 16.5. The van der Waals surface area contributed by atoms with Gasteiger partial charge in [-0.25, -0.2) is 0 Å². The van der Waals surface area contributed by atoms with Crippen LogP contribution < -0.4 is 0 Å². The number of ether oxygens (including phenoxy) is 2. The molecule has 0 radical (unpaired) electrons. The van der Waals surface area contributed by atoms with E-state index < -0.39 is 5.60 Å².